The van der Waals surface area contributed by atoms with Gasteiger partial charge in [0.25, 0.3) is 0 Å². The molecule has 8 nitrogen and oxygen atoms in total. The Hall–Kier alpha value is -2.19. The van der Waals surface area contributed by atoms with Gasteiger partial charge in [0.2, 0.25) is 5.91 Å². The second kappa shape index (κ2) is 6.12. The molecule has 0 spiro atoms. The zero-order valence-corrected chi connectivity index (χ0v) is 10.1. The monoisotopic (exact) mass is 270 g/mol. The van der Waals surface area contributed by atoms with E-state index in [0.29, 0.717) is 0 Å². The summed E-state index contributed by atoms with van der Waals surface area (Å²) >= 11 is 0. The van der Waals surface area contributed by atoms with Crippen molar-refractivity contribution >= 4 is 11.6 Å². The SMILES string of the molecule is CC(=O)NCC(O)C(O)c1ccc([N+](=O)[O-])c(O)c1. The third-order valence-corrected chi connectivity index (χ3v) is 2.46. The molecule has 0 saturated heterocycles. The Morgan fingerprint density at radius 3 is 2.58 bits per heavy atom. The fraction of sp³-hybridized carbons (Fsp3) is 0.364. The lowest BCUT2D eigenvalue weighted by molar-refractivity contribution is -0.385. The van der Waals surface area contributed by atoms with Crippen molar-refractivity contribution in [1.29, 1.82) is 0 Å². The highest BCUT2D eigenvalue weighted by Crippen LogP contribution is 2.29. The van der Waals surface area contributed by atoms with E-state index in [2.05, 4.69) is 5.32 Å². The number of nitrogens with one attached hydrogen (secondary N) is 1. The van der Waals surface area contributed by atoms with E-state index < -0.39 is 28.6 Å². The molecule has 1 amide bonds. The van der Waals surface area contributed by atoms with Crippen molar-refractivity contribution in [1.82, 2.24) is 5.32 Å². The quantitative estimate of drug-likeness (QED) is 0.433. The van der Waals surface area contributed by atoms with Crippen LogP contribution in [-0.4, -0.2) is 38.8 Å². The second-order valence-electron chi connectivity index (χ2n) is 3.95. The van der Waals surface area contributed by atoms with E-state index in [1.54, 1.807) is 0 Å². The van der Waals surface area contributed by atoms with Crippen LogP contribution < -0.4 is 5.32 Å². The Morgan fingerprint density at radius 2 is 2.11 bits per heavy atom. The summed E-state index contributed by atoms with van der Waals surface area (Å²) in [7, 11) is 0. The molecule has 0 aromatic heterocycles. The molecule has 0 bridgehead atoms. The molecular weight excluding hydrogens is 256 g/mol. The van der Waals surface area contributed by atoms with Gasteiger partial charge in [0.05, 0.1) is 4.92 Å². The molecule has 0 aliphatic heterocycles. The van der Waals surface area contributed by atoms with Gasteiger partial charge in [-0.15, -0.1) is 0 Å². The average molecular weight is 270 g/mol. The molecule has 1 rings (SSSR count). The van der Waals surface area contributed by atoms with Gasteiger partial charge >= 0.3 is 5.69 Å². The summed E-state index contributed by atoms with van der Waals surface area (Å²) in [6, 6.07) is 3.25. The lowest BCUT2D eigenvalue weighted by atomic mass is 10.0. The highest BCUT2D eigenvalue weighted by atomic mass is 16.6. The van der Waals surface area contributed by atoms with Crippen LogP contribution in [0.15, 0.2) is 18.2 Å². The largest absolute Gasteiger partial charge is 0.502 e. The third kappa shape index (κ3) is 3.90. The molecule has 2 unspecified atom stereocenters. The standard InChI is InChI=1S/C11H14N2O6/c1-6(14)12-5-10(16)11(17)7-2-3-8(13(18)19)9(15)4-7/h2-4,10-11,15-17H,5H2,1H3,(H,12,14). The summed E-state index contributed by atoms with van der Waals surface area (Å²) in [4.78, 5) is 20.4. The number of nitrogens with zero attached hydrogens (tertiary/aromatic N) is 1. The first-order valence-electron chi connectivity index (χ1n) is 5.40. The maximum atomic E-state index is 10.7. The summed E-state index contributed by atoms with van der Waals surface area (Å²) in [5.41, 5.74) is -0.381. The van der Waals surface area contributed by atoms with Gasteiger partial charge in [-0.2, -0.15) is 0 Å². The van der Waals surface area contributed by atoms with Crippen molar-refractivity contribution in [3.8, 4) is 5.75 Å². The predicted molar refractivity (Wildman–Crippen MR) is 64.4 cm³/mol. The van der Waals surface area contributed by atoms with Crippen LogP contribution in [0.4, 0.5) is 5.69 Å². The number of nitro benzene ring substituents is 1. The Kier molecular flexibility index (Phi) is 4.79. The fourth-order valence-corrected chi connectivity index (χ4v) is 1.46. The number of amides is 1. The third-order valence-electron chi connectivity index (χ3n) is 2.46. The zero-order valence-electron chi connectivity index (χ0n) is 10.1. The van der Waals surface area contributed by atoms with E-state index in [-0.39, 0.29) is 18.0 Å². The number of phenolic OH excluding ortho intramolecular Hbond substituents is 1. The minimum atomic E-state index is -1.38. The Balaban J connectivity index is 2.82. The minimum absolute atomic E-state index is 0.112. The van der Waals surface area contributed by atoms with E-state index >= 15 is 0 Å². The van der Waals surface area contributed by atoms with Gasteiger partial charge in [-0.05, 0) is 17.7 Å². The number of phenols is 1. The fourth-order valence-electron chi connectivity index (χ4n) is 1.46. The number of rotatable bonds is 5. The van der Waals surface area contributed by atoms with Gasteiger partial charge in [0, 0.05) is 19.5 Å². The van der Waals surface area contributed by atoms with Crippen molar-refractivity contribution in [2.45, 2.75) is 19.1 Å². The van der Waals surface area contributed by atoms with Crippen molar-refractivity contribution < 1.29 is 25.0 Å². The highest BCUT2D eigenvalue weighted by Gasteiger charge is 2.21. The second-order valence-corrected chi connectivity index (χ2v) is 3.95. The number of aliphatic hydroxyl groups excluding tert-OH is 2. The Labute approximate surface area is 108 Å². The van der Waals surface area contributed by atoms with Crippen molar-refractivity contribution in [3.05, 3.63) is 33.9 Å². The molecule has 0 aliphatic rings. The van der Waals surface area contributed by atoms with E-state index in [9.17, 15) is 30.2 Å². The molecule has 2 atom stereocenters. The van der Waals surface area contributed by atoms with Crippen LogP contribution in [0.5, 0.6) is 5.75 Å². The van der Waals surface area contributed by atoms with E-state index in [0.717, 1.165) is 12.1 Å². The molecule has 4 N–H and O–H groups in total. The van der Waals surface area contributed by atoms with Gasteiger partial charge in [-0.1, -0.05) is 0 Å². The van der Waals surface area contributed by atoms with Crippen molar-refractivity contribution in [3.63, 3.8) is 0 Å². The number of aliphatic hydroxyl groups is 2. The summed E-state index contributed by atoms with van der Waals surface area (Å²) in [6.07, 6.45) is -2.66. The van der Waals surface area contributed by atoms with Crippen LogP contribution in [0, 0.1) is 10.1 Å². The number of hydrogen-bond donors (Lipinski definition) is 4. The zero-order chi connectivity index (χ0) is 14.6. The molecule has 0 radical (unpaired) electrons. The molecular formula is C11H14N2O6. The lowest BCUT2D eigenvalue weighted by Gasteiger charge is -2.18. The lowest BCUT2D eigenvalue weighted by Crippen LogP contribution is -2.34. The molecule has 8 heteroatoms. The van der Waals surface area contributed by atoms with Crippen molar-refractivity contribution in [2.75, 3.05) is 6.54 Å². The van der Waals surface area contributed by atoms with Gasteiger partial charge in [-0.3, -0.25) is 14.9 Å². The van der Waals surface area contributed by atoms with Gasteiger partial charge in [-0.25, -0.2) is 0 Å². The molecule has 0 aliphatic carbocycles. The average Bonchev–Trinajstić information content (AvgIpc) is 2.34. The molecule has 104 valence electrons. The van der Waals surface area contributed by atoms with E-state index in [1.165, 1.54) is 13.0 Å². The number of nitro groups is 1. The number of carbonyl (C=O) groups excluding carboxylic acids is 1. The summed E-state index contributed by atoms with van der Waals surface area (Å²) < 4.78 is 0. The highest BCUT2D eigenvalue weighted by molar-refractivity contribution is 5.72. The number of benzene rings is 1. The van der Waals surface area contributed by atoms with E-state index in [4.69, 9.17) is 0 Å². The molecule has 0 saturated carbocycles. The number of carbonyl (C=O) groups is 1. The van der Waals surface area contributed by atoms with Crippen LogP contribution in [0.1, 0.15) is 18.6 Å². The van der Waals surface area contributed by atoms with Gasteiger partial charge in [0.1, 0.15) is 12.2 Å². The van der Waals surface area contributed by atoms with Gasteiger partial charge in [0.15, 0.2) is 5.75 Å². The molecule has 1 aromatic carbocycles. The van der Waals surface area contributed by atoms with Crippen LogP contribution in [0.2, 0.25) is 0 Å². The topological polar surface area (TPSA) is 133 Å². The van der Waals surface area contributed by atoms with Crippen LogP contribution in [-0.2, 0) is 4.79 Å². The number of hydrogen-bond acceptors (Lipinski definition) is 6. The van der Waals surface area contributed by atoms with Gasteiger partial charge < -0.3 is 20.6 Å². The minimum Gasteiger partial charge on any atom is -0.502 e. The normalized spacial score (nSPS) is 13.6. The van der Waals surface area contributed by atoms with Crippen LogP contribution in [0.3, 0.4) is 0 Å². The maximum Gasteiger partial charge on any atom is 0.310 e. The summed E-state index contributed by atoms with van der Waals surface area (Å²) in [5.74, 6) is -0.967. The Morgan fingerprint density at radius 1 is 1.47 bits per heavy atom. The molecule has 1 aromatic rings. The summed E-state index contributed by atoms with van der Waals surface area (Å²) in [5, 5.41) is 41.6. The maximum absolute atomic E-state index is 10.7. The first-order chi connectivity index (χ1) is 8.82. The Bertz CT molecular complexity index is 490. The van der Waals surface area contributed by atoms with E-state index in [1.807, 2.05) is 0 Å². The van der Waals surface area contributed by atoms with Crippen LogP contribution in [0.25, 0.3) is 0 Å². The van der Waals surface area contributed by atoms with Crippen LogP contribution >= 0.6 is 0 Å². The first-order valence-corrected chi connectivity index (χ1v) is 5.40. The summed E-state index contributed by atoms with van der Waals surface area (Å²) in [6.45, 7) is 1.09. The van der Waals surface area contributed by atoms with Crippen molar-refractivity contribution in [2.24, 2.45) is 0 Å². The molecule has 0 heterocycles. The molecule has 0 fully saturated rings. The number of aromatic hydroxyl groups is 1. The predicted octanol–water partition coefficient (Wildman–Crippen LogP) is -0.169. The smallest absolute Gasteiger partial charge is 0.310 e. The first kappa shape index (κ1) is 14.9. The molecule has 19 heavy (non-hydrogen) atoms.